The molecular formula is C17H15N3O2S. The van der Waals surface area contributed by atoms with Gasteiger partial charge in [-0.25, -0.2) is 15.0 Å². The molecule has 3 rings (SSSR count). The van der Waals surface area contributed by atoms with Gasteiger partial charge in [0.15, 0.2) is 16.8 Å². The molecule has 0 saturated carbocycles. The van der Waals surface area contributed by atoms with Crippen LogP contribution in [0.25, 0.3) is 22.8 Å². The van der Waals surface area contributed by atoms with Gasteiger partial charge in [0, 0.05) is 0 Å². The van der Waals surface area contributed by atoms with E-state index >= 15 is 0 Å². The Morgan fingerprint density at radius 1 is 0.870 bits per heavy atom. The van der Waals surface area contributed by atoms with Crippen LogP contribution in [0.2, 0.25) is 0 Å². The Kier molecular flexibility index (Phi) is 4.43. The Labute approximate surface area is 138 Å². The van der Waals surface area contributed by atoms with E-state index in [1.807, 2.05) is 36.6 Å². The summed E-state index contributed by atoms with van der Waals surface area (Å²) in [6.45, 7) is 0. The molecule has 1 aromatic heterocycles. The van der Waals surface area contributed by atoms with Gasteiger partial charge in [0.05, 0.1) is 18.2 Å². The van der Waals surface area contributed by atoms with Crippen LogP contribution in [0.4, 0.5) is 0 Å². The van der Waals surface area contributed by atoms with E-state index in [0.29, 0.717) is 28.1 Å². The lowest BCUT2D eigenvalue weighted by molar-refractivity contribution is 0.416. The average Bonchev–Trinajstić information content (AvgIpc) is 2.61. The van der Waals surface area contributed by atoms with Crippen LogP contribution in [-0.2, 0) is 0 Å². The first-order valence-corrected chi connectivity index (χ1v) is 8.17. The summed E-state index contributed by atoms with van der Waals surface area (Å²) in [4.78, 5) is 13.4. The number of rotatable bonds is 4. The topological polar surface area (TPSA) is 68.1 Å². The minimum absolute atomic E-state index is 0.136. The molecule has 0 radical (unpaired) electrons. The van der Waals surface area contributed by atoms with Gasteiger partial charge in [-0.1, -0.05) is 36.0 Å². The number of aromatic nitrogens is 3. The fourth-order valence-electron chi connectivity index (χ4n) is 2.18. The van der Waals surface area contributed by atoms with E-state index < -0.39 is 0 Å². The molecule has 116 valence electrons. The predicted octanol–water partition coefficient (Wildman–Crippen LogP) is 3.64. The Bertz CT molecular complexity index is 840. The van der Waals surface area contributed by atoms with Crippen LogP contribution < -0.4 is 4.74 Å². The molecule has 0 aliphatic carbocycles. The highest BCUT2D eigenvalue weighted by molar-refractivity contribution is 7.98. The summed E-state index contributed by atoms with van der Waals surface area (Å²) < 4.78 is 5.39. The molecule has 5 nitrogen and oxygen atoms in total. The van der Waals surface area contributed by atoms with Crippen molar-refractivity contribution in [1.29, 1.82) is 0 Å². The number of phenolic OH excluding ortho intramolecular Hbond substituents is 1. The van der Waals surface area contributed by atoms with E-state index in [-0.39, 0.29) is 5.75 Å². The van der Waals surface area contributed by atoms with Gasteiger partial charge in [-0.15, -0.1) is 0 Å². The summed E-state index contributed by atoms with van der Waals surface area (Å²) in [5.74, 6) is 1.77. The van der Waals surface area contributed by atoms with Crippen molar-refractivity contribution in [3.63, 3.8) is 0 Å². The zero-order valence-corrected chi connectivity index (χ0v) is 13.5. The number of hydrogen-bond donors (Lipinski definition) is 1. The third kappa shape index (κ3) is 3.12. The molecule has 0 amide bonds. The van der Waals surface area contributed by atoms with Crippen molar-refractivity contribution in [3.05, 3.63) is 48.5 Å². The zero-order chi connectivity index (χ0) is 16.2. The van der Waals surface area contributed by atoms with Gasteiger partial charge >= 0.3 is 0 Å². The second-order valence-electron chi connectivity index (χ2n) is 4.69. The predicted molar refractivity (Wildman–Crippen MR) is 90.7 cm³/mol. The van der Waals surface area contributed by atoms with E-state index in [0.717, 1.165) is 5.56 Å². The fraction of sp³-hybridized carbons (Fsp3) is 0.118. The third-order valence-electron chi connectivity index (χ3n) is 3.29. The Morgan fingerprint density at radius 2 is 1.48 bits per heavy atom. The van der Waals surface area contributed by atoms with Crippen molar-refractivity contribution in [3.8, 4) is 34.3 Å². The Morgan fingerprint density at radius 3 is 2.13 bits per heavy atom. The first-order valence-electron chi connectivity index (χ1n) is 6.94. The molecule has 6 heteroatoms. The molecule has 3 aromatic rings. The summed E-state index contributed by atoms with van der Waals surface area (Å²) in [5.41, 5.74) is 1.35. The highest BCUT2D eigenvalue weighted by Crippen LogP contribution is 2.31. The minimum Gasteiger partial charge on any atom is -0.507 e. The number of ether oxygens (including phenoxy) is 1. The van der Waals surface area contributed by atoms with E-state index in [2.05, 4.69) is 15.0 Å². The number of para-hydroxylation sites is 2. The van der Waals surface area contributed by atoms with Crippen molar-refractivity contribution < 1.29 is 9.84 Å². The van der Waals surface area contributed by atoms with Crippen LogP contribution in [0.5, 0.6) is 11.5 Å². The summed E-state index contributed by atoms with van der Waals surface area (Å²) in [6.07, 6.45) is 1.90. The molecule has 1 heterocycles. The van der Waals surface area contributed by atoms with Crippen molar-refractivity contribution in [2.75, 3.05) is 13.4 Å². The molecule has 1 N–H and O–H groups in total. The zero-order valence-electron chi connectivity index (χ0n) is 12.7. The molecule has 0 fully saturated rings. The van der Waals surface area contributed by atoms with Crippen LogP contribution in [0.1, 0.15) is 0 Å². The standard InChI is InChI=1S/C17H15N3O2S/c1-22-14-10-6-4-8-12(14)16-18-15(19-17(20-16)23-2)11-7-3-5-9-13(11)21/h3-10,21H,1-2H3. The number of nitrogens with zero attached hydrogens (tertiary/aromatic N) is 3. The highest BCUT2D eigenvalue weighted by Gasteiger charge is 2.14. The van der Waals surface area contributed by atoms with E-state index in [9.17, 15) is 5.11 Å². The van der Waals surface area contributed by atoms with Crippen LogP contribution in [-0.4, -0.2) is 33.4 Å². The summed E-state index contributed by atoms with van der Waals surface area (Å²) in [6, 6.07) is 14.5. The van der Waals surface area contributed by atoms with Gasteiger partial charge in [-0.2, -0.15) is 0 Å². The third-order valence-corrected chi connectivity index (χ3v) is 3.84. The van der Waals surface area contributed by atoms with Gasteiger partial charge < -0.3 is 9.84 Å². The second-order valence-corrected chi connectivity index (χ2v) is 5.46. The molecule has 0 saturated heterocycles. The number of methoxy groups -OCH3 is 1. The molecule has 0 bridgehead atoms. The maximum atomic E-state index is 10.1. The number of thioether (sulfide) groups is 1. The largest absolute Gasteiger partial charge is 0.507 e. The van der Waals surface area contributed by atoms with Gasteiger partial charge in [0.1, 0.15) is 11.5 Å². The molecule has 0 spiro atoms. The first kappa shape index (κ1) is 15.3. The lowest BCUT2D eigenvalue weighted by Crippen LogP contribution is -2.00. The number of phenols is 1. The molecule has 0 unspecified atom stereocenters. The first-order chi connectivity index (χ1) is 11.2. The summed E-state index contributed by atoms with van der Waals surface area (Å²) >= 11 is 1.42. The molecule has 0 aliphatic rings. The van der Waals surface area contributed by atoms with Gasteiger partial charge in [0.25, 0.3) is 0 Å². The van der Waals surface area contributed by atoms with E-state index in [4.69, 9.17) is 4.74 Å². The van der Waals surface area contributed by atoms with Crippen LogP contribution in [0.15, 0.2) is 53.7 Å². The van der Waals surface area contributed by atoms with Crippen molar-refractivity contribution >= 4 is 11.8 Å². The van der Waals surface area contributed by atoms with Crippen LogP contribution in [0.3, 0.4) is 0 Å². The summed E-state index contributed by atoms with van der Waals surface area (Å²) in [5, 5.41) is 10.6. The molecule has 0 atom stereocenters. The van der Waals surface area contributed by atoms with Crippen molar-refractivity contribution in [1.82, 2.24) is 15.0 Å². The van der Waals surface area contributed by atoms with E-state index in [1.54, 1.807) is 25.3 Å². The van der Waals surface area contributed by atoms with Gasteiger partial charge in [-0.05, 0) is 30.5 Å². The SMILES string of the molecule is COc1ccccc1-c1nc(SC)nc(-c2ccccc2O)n1. The second kappa shape index (κ2) is 6.66. The number of benzene rings is 2. The Balaban J connectivity index is 2.19. The number of hydrogen-bond acceptors (Lipinski definition) is 6. The van der Waals surface area contributed by atoms with Crippen molar-refractivity contribution in [2.24, 2.45) is 0 Å². The smallest absolute Gasteiger partial charge is 0.191 e. The van der Waals surface area contributed by atoms with Crippen molar-refractivity contribution in [2.45, 2.75) is 5.16 Å². The molecular weight excluding hydrogens is 310 g/mol. The maximum Gasteiger partial charge on any atom is 0.191 e. The number of aromatic hydroxyl groups is 1. The maximum absolute atomic E-state index is 10.1. The van der Waals surface area contributed by atoms with Gasteiger partial charge in [0.2, 0.25) is 0 Å². The molecule has 23 heavy (non-hydrogen) atoms. The summed E-state index contributed by atoms with van der Waals surface area (Å²) in [7, 11) is 1.61. The minimum atomic E-state index is 0.136. The Hall–Kier alpha value is -2.60. The monoisotopic (exact) mass is 325 g/mol. The van der Waals surface area contributed by atoms with Gasteiger partial charge in [-0.3, -0.25) is 0 Å². The average molecular weight is 325 g/mol. The lowest BCUT2D eigenvalue weighted by Gasteiger charge is -2.10. The van der Waals surface area contributed by atoms with Crippen LogP contribution in [0, 0.1) is 0 Å². The highest BCUT2D eigenvalue weighted by atomic mass is 32.2. The quantitative estimate of drug-likeness (QED) is 0.739. The molecule has 0 aliphatic heterocycles. The molecule has 2 aromatic carbocycles. The normalized spacial score (nSPS) is 10.5. The fourth-order valence-corrected chi connectivity index (χ4v) is 2.54. The lowest BCUT2D eigenvalue weighted by atomic mass is 10.1. The van der Waals surface area contributed by atoms with Crippen LogP contribution >= 0.6 is 11.8 Å². The van der Waals surface area contributed by atoms with E-state index in [1.165, 1.54) is 11.8 Å².